The fourth-order valence-electron chi connectivity index (χ4n) is 2.82. The highest BCUT2D eigenvalue weighted by Crippen LogP contribution is 2.34. The number of fused-ring (bicyclic) bond motifs is 1. The molecule has 1 aliphatic heterocycles. The summed E-state index contributed by atoms with van der Waals surface area (Å²) < 4.78 is 36.7. The highest BCUT2D eigenvalue weighted by Gasteiger charge is 2.34. The largest absolute Gasteiger partial charge is 0.491 e. The summed E-state index contributed by atoms with van der Waals surface area (Å²) >= 11 is 0. The van der Waals surface area contributed by atoms with Crippen LogP contribution in [0.3, 0.4) is 0 Å². The number of rotatable bonds is 6. The molecule has 0 saturated carbocycles. The molecular weight excluding hydrogens is 368 g/mol. The lowest BCUT2D eigenvalue weighted by atomic mass is 10.2. The third-order valence-corrected chi connectivity index (χ3v) is 5.33. The molecule has 1 amide bonds. The van der Waals surface area contributed by atoms with Gasteiger partial charge >= 0.3 is 0 Å². The van der Waals surface area contributed by atoms with Crippen LogP contribution in [0.5, 0.6) is 11.5 Å². The predicted molar refractivity (Wildman–Crippen MR) is 103 cm³/mol. The first-order valence-corrected chi connectivity index (χ1v) is 10.4. The summed E-state index contributed by atoms with van der Waals surface area (Å²) in [5, 5.41) is 2.73. The number of hydrogen-bond donors (Lipinski definition) is 1. The van der Waals surface area contributed by atoms with Crippen LogP contribution in [-0.2, 0) is 14.8 Å². The number of anilines is 1. The highest BCUT2D eigenvalue weighted by molar-refractivity contribution is 7.92. The van der Waals surface area contributed by atoms with E-state index in [1.54, 1.807) is 24.3 Å². The van der Waals surface area contributed by atoms with Crippen LogP contribution in [0.2, 0.25) is 0 Å². The maximum atomic E-state index is 12.4. The van der Waals surface area contributed by atoms with Gasteiger partial charge in [-0.2, -0.15) is 0 Å². The van der Waals surface area contributed by atoms with Crippen molar-refractivity contribution >= 4 is 21.6 Å². The van der Waals surface area contributed by atoms with Crippen molar-refractivity contribution in [1.82, 2.24) is 5.32 Å². The fraction of sp³-hybridized carbons (Fsp3) is 0.316. The summed E-state index contributed by atoms with van der Waals surface area (Å²) in [6.07, 6.45) is 0.188. The smallest absolute Gasteiger partial charge is 0.263 e. The summed E-state index contributed by atoms with van der Waals surface area (Å²) in [5.74, 6) is 0.745. The summed E-state index contributed by atoms with van der Waals surface area (Å²) in [5.41, 5.74) is 1.45. The first-order valence-electron chi connectivity index (χ1n) is 8.56. The van der Waals surface area contributed by atoms with Gasteiger partial charge in [0.05, 0.1) is 25.0 Å². The van der Waals surface area contributed by atoms with Gasteiger partial charge in [0, 0.05) is 0 Å². The molecule has 0 aromatic heterocycles. The summed E-state index contributed by atoms with van der Waals surface area (Å²) in [4.78, 5) is 12.4. The molecule has 0 fully saturated rings. The summed E-state index contributed by atoms with van der Waals surface area (Å²) in [7, 11) is -3.52. The molecule has 1 atom stereocenters. The van der Waals surface area contributed by atoms with Crippen LogP contribution >= 0.6 is 0 Å². The first-order chi connectivity index (χ1) is 12.9. The van der Waals surface area contributed by atoms with Gasteiger partial charge in [-0.3, -0.25) is 9.10 Å². The Kier molecular flexibility index (Phi) is 5.55. The molecule has 1 aliphatic rings. The van der Waals surface area contributed by atoms with Gasteiger partial charge in [-0.05, 0) is 30.7 Å². The molecule has 2 aromatic carbocycles. The standard InChI is InChI=1S/C19H22N2O5S/c1-14-7-3-5-9-16(14)25-12-11-20-19(22)18-13-21(27(2,23)24)15-8-4-6-10-17(15)26-18/h3-10,18H,11-13H2,1-2H3,(H,20,22)/t18-/m1/s1. The maximum absolute atomic E-state index is 12.4. The topological polar surface area (TPSA) is 84.9 Å². The van der Waals surface area contributed by atoms with E-state index in [1.165, 1.54) is 4.31 Å². The van der Waals surface area contributed by atoms with Crippen molar-refractivity contribution in [2.75, 3.05) is 30.3 Å². The average molecular weight is 390 g/mol. The minimum Gasteiger partial charge on any atom is -0.491 e. The van der Waals surface area contributed by atoms with E-state index >= 15 is 0 Å². The molecule has 0 radical (unpaired) electrons. The Morgan fingerprint density at radius 1 is 1.22 bits per heavy atom. The van der Waals surface area contributed by atoms with Gasteiger partial charge in [0.2, 0.25) is 10.0 Å². The first kappa shape index (κ1) is 19.0. The molecule has 2 aromatic rings. The second-order valence-electron chi connectivity index (χ2n) is 6.27. The van der Waals surface area contributed by atoms with Crippen LogP contribution in [0.25, 0.3) is 0 Å². The zero-order chi connectivity index (χ0) is 19.4. The Morgan fingerprint density at radius 2 is 1.93 bits per heavy atom. The number of nitrogens with zero attached hydrogens (tertiary/aromatic N) is 1. The monoisotopic (exact) mass is 390 g/mol. The molecule has 0 bridgehead atoms. The van der Waals surface area contributed by atoms with E-state index in [0.717, 1.165) is 17.6 Å². The number of amides is 1. The Bertz CT molecular complexity index is 929. The van der Waals surface area contributed by atoms with Crippen molar-refractivity contribution in [3.63, 3.8) is 0 Å². The van der Waals surface area contributed by atoms with E-state index in [-0.39, 0.29) is 19.0 Å². The van der Waals surface area contributed by atoms with Crippen molar-refractivity contribution in [3.8, 4) is 11.5 Å². The molecule has 1 heterocycles. The molecule has 0 saturated heterocycles. The summed E-state index contributed by atoms with van der Waals surface area (Å²) in [6.45, 7) is 2.46. The Labute approximate surface area is 158 Å². The van der Waals surface area contributed by atoms with Crippen LogP contribution < -0.4 is 19.1 Å². The van der Waals surface area contributed by atoms with E-state index in [4.69, 9.17) is 9.47 Å². The summed E-state index contributed by atoms with van der Waals surface area (Å²) in [6, 6.07) is 14.4. The van der Waals surface area contributed by atoms with Gasteiger partial charge in [-0.1, -0.05) is 30.3 Å². The SMILES string of the molecule is Cc1ccccc1OCCNC(=O)[C@H]1CN(S(C)(=O)=O)c2ccccc2O1. The lowest BCUT2D eigenvalue weighted by molar-refractivity contribution is -0.127. The van der Waals surface area contributed by atoms with Crippen LogP contribution in [0, 0.1) is 6.92 Å². The van der Waals surface area contributed by atoms with Crippen LogP contribution in [0.15, 0.2) is 48.5 Å². The number of sulfonamides is 1. The van der Waals surface area contributed by atoms with Gasteiger partial charge in [0.25, 0.3) is 5.91 Å². The molecule has 0 spiro atoms. The maximum Gasteiger partial charge on any atom is 0.263 e. The third kappa shape index (κ3) is 4.51. The molecular formula is C19H22N2O5S. The van der Waals surface area contributed by atoms with E-state index in [0.29, 0.717) is 18.0 Å². The van der Waals surface area contributed by atoms with E-state index in [9.17, 15) is 13.2 Å². The van der Waals surface area contributed by atoms with Crippen LogP contribution in [0.1, 0.15) is 5.56 Å². The zero-order valence-electron chi connectivity index (χ0n) is 15.2. The third-order valence-electron chi connectivity index (χ3n) is 4.18. The molecule has 0 unspecified atom stereocenters. The van der Waals surface area contributed by atoms with Crippen molar-refractivity contribution in [3.05, 3.63) is 54.1 Å². The van der Waals surface area contributed by atoms with E-state index in [2.05, 4.69) is 5.32 Å². The molecule has 3 rings (SSSR count). The van der Waals surface area contributed by atoms with Gasteiger partial charge in [-0.25, -0.2) is 8.42 Å². The molecule has 1 N–H and O–H groups in total. The lowest BCUT2D eigenvalue weighted by Crippen LogP contribution is -2.51. The number of ether oxygens (including phenoxy) is 2. The minimum atomic E-state index is -3.52. The number of para-hydroxylation sites is 3. The van der Waals surface area contributed by atoms with Crippen LogP contribution in [-0.4, -0.2) is 46.4 Å². The van der Waals surface area contributed by atoms with E-state index < -0.39 is 16.1 Å². The Morgan fingerprint density at radius 3 is 2.67 bits per heavy atom. The zero-order valence-corrected chi connectivity index (χ0v) is 16.0. The van der Waals surface area contributed by atoms with Gasteiger partial charge < -0.3 is 14.8 Å². The normalized spacial score (nSPS) is 16.2. The second-order valence-corrected chi connectivity index (χ2v) is 8.18. The van der Waals surface area contributed by atoms with Gasteiger partial charge in [0.15, 0.2) is 6.10 Å². The van der Waals surface area contributed by atoms with Gasteiger partial charge in [-0.15, -0.1) is 0 Å². The number of benzene rings is 2. The number of hydrogen-bond acceptors (Lipinski definition) is 5. The second kappa shape index (κ2) is 7.87. The number of carbonyl (C=O) groups excluding carboxylic acids is 1. The predicted octanol–water partition coefficient (Wildman–Crippen LogP) is 1.72. The minimum absolute atomic E-state index is 0.0691. The number of nitrogens with one attached hydrogen (secondary N) is 1. The van der Waals surface area contributed by atoms with Crippen molar-refractivity contribution in [2.45, 2.75) is 13.0 Å². The fourth-order valence-corrected chi connectivity index (χ4v) is 3.73. The number of aryl methyl sites for hydroxylation is 1. The Hall–Kier alpha value is -2.74. The molecule has 0 aliphatic carbocycles. The average Bonchev–Trinajstić information content (AvgIpc) is 2.64. The van der Waals surface area contributed by atoms with Crippen molar-refractivity contribution in [1.29, 1.82) is 0 Å². The Balaban J connectivity index is 1.60. The molecule has 27 heavy (non-hydrogen) atoms. The number of carbonyl (C=O) groups is 1. The molecule has 144 valence electrons. The van der Waals surface area contributed by atoms with Gasteiger partial charge in [0.1, 0.15) is 18.1 Å². The van der Waals surface area contributed by atoms with Crippen molar-refractivity contribution in [2.24, 2.45) is 0 Å². The van der Waals surface area contributed by atoms with Crippen LogP contribution in [0.4, 0.5) is 5.69 Å². The lowest BCUT2D eigenvalue weighted by Gasteiger charge is -2.33. The quantitative estimate of drug-likeness (QED) is 0.759. The van der Waals surface area contributed by atoms with E-state index in [1.807, 2.05) is 31.2 Å². The van der Waals surface area contributed by atoms with Crippen molar-refractivity contribution < 1.29 is 22.7 Å². The highest BCUT2D eigenvalue weighted by atomic mass is 32.2. The molecule has 7 nitrogen and oxygen atoms in total. The molecule has 8 heteroatoms.